The molecule has 0 saturated carbocycles. The lowest BCUT2D eigenvalue weighted by Gasteiger charge is -2.34. The molecule has 2 nitrogen and oxygen atoms in total. The highest BCUT2D eigenvalue weighted by Crippen LogP contribution is 2.26. The third-order valence-corrected chi connectivity index (χ3v) is 1.68. The zero-order chi connectivity index (χ0) is 9.99. The minimum atomic E-state index is -0.0560. The Bertz CT molecular complexity index is 131. The molecule has 74 valence electrons. The van der Waals surface area contributed by atoms with Crippen LogP contribution in [0.15, 0.2) is 0 Å². The topological polar surface area (TPSA) is 29.3 Å². The summed E-state index contributed by atoms with van der Waals surface area (Å²) in [5.41, 5.74) is 6.23. The van der Waals surface area contributed by atoms with E-state index in [1.165, 1.54) is 0 Å². The van der Waals surface area contributed by atoms with Crippen LogP contribution in [0.4, 0.5) is 0 Å². The van der Waals surface area contributed by atoms with Crippen molar-refractivity contribution in [1.82, 2.24) is 4.90 Å². The third-order valence-electron chi connectivity index (χ3n) is 1.68. The van der Waals surface area contributed by atoms with Gasteiger partial charge in [0.25, 0.3) is 0 Å². The number of hydrogen-bond donors (Lipinski definition) is 1. The van der Waals surface area contributed by atoms with Crippen molar-refractivity contribution in [1.29, 1.82) is 0 Å². The highest BCUT2D eigenvalue weighted by molar-refractivity contribution is 4.83. The van der Waals surface area contributed by atoms with Crippen LogP contribution < -0.4 is 5.73 Å². The Morgan fingerprint density at radius 3 is 1.75 bits per heavy atom. The molecule has 0 aliphatic rings. The lowest BCUT2D eigenvalue weighted by molar-refractivity contribution is 0.190. The molecule has 0 fully saturated rings. The van der Waals surface area contributed by atoms with Gasteiger partial charge in [-0.25, -0.2) is 0 Å². The van der Waals surface area contributed by atoms with E-state index in [1.54, 1.807) is 0 Å². The molecular weight excluding hydrogens is 148 g/mol. The Kier molecular flexibility index (Phi) is 3.73. The molecule has 0 atom stereocenters. The second kappa shape index (κ2) is 3.75. The Morgan fingerprint density at radius 1 is 1.08 bits per heavy atom. The molecular formula is C10H24N2. The average molecular weight is 172 g/mol. The molecule has 2 N–H and O–H groups in total. The van der Waals surface area contributed by atoms with Gasteiger partial charge in [-0.05, 0) is 39.8 Å². The van der Waals surface area contributed by atoms with Crippen molar-refractivity contribution in [3.05, 3.63) is 0 Å². The van der Waals surface area contributed by atoms with Gasteiger partial charge in [-0.2, -0.15) is 0 Å². The van der Waals surface area contributed by atoms with Crippen molar-refractivity contribution in [2.45, 2.75) is 39.7 Å². The van der Waals surface area contributed by atoms with Crippen molar-refractivity contribution in [3.63, 3.8) is 0 Å². The first-order valence-electron chi connectivity index (χ1n) is 4.56. The van der Waals surface area contributed by atoms with Crippen LogP contribution in [0, 0.1) is 5.41 Å². The number of nitrogens with two attached hydrogens (primary N) is 1. The molecule has 0 aliphatic carbocycles. The Hall–Kier alpha value is -0.0800. The Balaban J connectivity index is 4.04. The quantitative estimate of drug-likeness (QED) is 0.699. The van der Waals surface area contributed by atoms with Crippen LogP contribution in [0.1, 0.15) is 34.1 Å². The molecule has 0 heterocycles. The molecule has 0 unspecified atom stereocenters. The van der Waals surface area contributed by atoms with Crippen molar-refractivity contribution in [2.75, 3.05) is 20.6 Å². The van der Waals surface area contributed by atoms with Crippen molar-refractivity contribution in [3.8, 4) is 0 Å². The van der Waals surface area contributed by atoms with E-state index in [9.17, 15) is 0 Å². The standard InChI is InChI=1S/C10H24N2/c1-9(2,8-12(5)6)7-10(3,4)11/h7-8,11H2,1-6H3. The van der Waals surface area contributed by atoms with E-state index in [2.05, 4.69) is 46.7 Å². The monoisotopic (exact) mass is 172 g/mol. The first-order valence-corrected chi connectivity index (χ1v) is 4.56. The predicted molar refractivity (Wildman–Crippen MR) is 55.2 cm³/mol. The maximum absolute atomic E-state index is 5.98. The van der Waals surface area contributed by atoms with Gasteiger partial charge < -0.3 is 10.6 Å². The molecule has 0 bridgehead atoms. The van der Waals surface area contributed by atoms with E-state index in [0.29, 0.717) is 5.41 Å². The van der Waals surface area contributed by atoms with E-state index < -0.39 is 0 Å². The fourth-order valence-corrected chi connectivity index (χ4v) is 2.15. The SMILES string of the molecule is CN(C)CC(C)(C)CC(C)(C)N. The first-order chi connectivity index (χ1) is 5.12. The van der Waals surface area contributed by atoms with E-state index >= 15 is 0 Å². The molecule has 2 heteroatoms. The maximum atomic E-state index is 5.98. The van der Waals surface area contributed by atoms with E-state index in [1.807, 2.05) is 0 Å². The van der Waals surface area contributed by atoms with Crippen LogP contribution in [-0.2, 0) is 0 Å². The molecule has 0 saturated heterocycles. The van der Waals surface area contributed by atoms with Gasteiger partial charge in [-0.1, -0.05) is 13.8 Å². The van der Waals surface area contributed by atoms with Crippen LogP contribution in [-0.4, -0.2) is 31.1 Å². The predicted octanol–water partition coefficient (Wildman–Crippen LogP) is 1.70. The van der Waals surface area contributed by atoms with Crippen LogP contribution in [0.3, 0.4) is 0 Å². The summed E-state index contributed by atoms with van der Waals surface area (Å²) < 4.78 is 0. The molecule has 0 aromatic heterocycles. The summed E-state index contributed by atoms with van der Waals surface area (Å²) >= 11 is 0. The summed E-state index contributed by atoms with van der Waals surface area (Å²) in [5, 5.41) is 0. The van der Waals surface area contributed by atoms with Gasteiger partial charge in [-0.15, -0.1) is 0 Å². The number of hydrogen-bond acceptors (Lipinski definition) is 2. The van der Waals surface area contributed by atoms with Gasteiger partial charge in [0.2, 0.25) is 0 Å². The maximum Gasteiger partial charge on any atom is 0.0103 e. The lowest BCUT2D eigenvalue weighted by atomic mass is 9.80. The summed E-state index contributed by atoms with van der Waals surface area (Å²) in [5.74, 6) is 0. The van der Waals surface area contributed by atoms with Gasteiger partial charge in [0.05, 0.1) is 0 Å². The second-order valence-corrected chi connectivity index (χ2v) is 5.57. The minimum absolute atomic E-state index is 0.0560. The van der Waals surface area contributed by atoms with Gasteiger partial charge >= 0.3 is 0 Å². The molecule has 0 rings (SSSR count). The lowest BCUT2D eigenvalue weighted by Crippen LogP contribution is -2.41. The molecule has 0 amide bonds. The molecule has 0 radical (unpaired) electrons. The zero-order valence-electron chi connectivity index (χ0n) is 9.44. The minimum Gasteiger partial charge on any atom is -0.326 e. The fourth-order valence-electron chi connectivity index (χ4n) is 2.15. The van der Waals surface area contributed by atoms with Gasteiger partial charge in [0.15, 0.2) is 0 Å². The van der Waals surface area contributed by atoms with Gasteiger partial charge in [0, 0.05) is 12.1 Å². The first kappa shape index (κ1) is 11.9. The average Bonchev–Trinajstić information content (AvgIpc) is 1.48. The molecule has 0 aromatic carbocycles. The second-order valence-electron chi connectivity index (χ2n) is 5.57. The van der Waals surface area contributed by atoms with E-state index in [-0.39, 0.29) is 5.54 Å². The normalized spacial score (nSPS) is 14.0. The highest BCUT2D eigenvalue weighted by Gasteiger charge is 2.25. The van der Waals surface area contributed by atoms with E-state index in [0.717, 1.165) is 13.0 Å². The van der Waals surface area contributed by atoms with Crippen LogP contribution in [0.5, 0.6) is 0 Å². The van der Waals surface area contributed by atoms with E-state index in [4.69, 9.17) is 5.73 Å². The molecule has 0 aromatic rings. The van der Waals surface area contributed by atoms with Gasteiger partial charge in [-0.3, -0.25) is 0 Å². The third kappa shape index (κ3) is 6.62. The van der Waals surface area contributed by atoms with Gasteiger partial charge in [0.1, 0.15) is 0 Å². The van der Waals surface area contributed by atoms with Crippen molar-refractivity contribution >= 4 is 0 Å². The largest absolute Gasteiger partial charge is 0.326 e. The number of rotatable bonds is 4. The summed E-state index contributed by atoms with van der Waals surface area (Å²) in [4.78, 5) is 2.21. The fraction of sp³-hybridized carbons (Fsp3) is 1.00. The Morgan fingerprint density at radius 2 is 1.50 bits per heavy atom. The summed E-state index contributed by atoms with van der Waals surface area (Å²) in [7, 11) is 4.20. The molecule has 0 aliphatic heterocycles. The van der Waals surface area contributed by atoms with Crippen LogP contribution in [0.25, 0.3) is 0 Å². The van der Waals surface area contributed by atoms with Crippen LogP contribution in [0.2, 0.25) is 0 Å². The smallest absolute Gasteiger partial charge is 0.0103 e. The van der Waals surface area contributed by atoms with Crippen molar-refractivity contribution < 1.29 is 0 Å². The molecule has 12 heavy (non-hydrogen) atoms. The Labute approximate surface area is 77.1 Å². The van der Waals surface area contributed by atoms with Crippen LogP contribution >= 0.6 is 0 Å². The summed E-state index contributed by atoms with van der Waals surface area (Å²) in [6.07, 6.45) is 1.05. The number of nitrogens with zero attached hydrogens (tertiary/aromatic N) is 1. The zero-order valence-corrected chi connectivity index (χ0v) is 9.44. The van der Waals surface area contributed by atoms with Crippen molar-refractivity contribution in [2.24, 2.45) is 11.1 Å². The summed E-state index contributed by atoms with van der Waals surface area (Å²) in [6, 6.07) is 0. The highest BCUT2D eigenvalue weighted by atomic mass is 15.1. The summed E-state index contributed by atoms with van der Waals surface area (Å²) in [6.45, 7) is 9.80. The molecule has 0 spiro atoms.